The van der Waals surface area contributed by atoms with E-state index in [4.69, 9.17) is 10.00 Å². The van der Waals surface area contributed by atoms with Gasteiger partial charge in [-0.25, -0.2) is 0 Å². The van der Waals surface area contributed by atoms with Crippen LogP contribution < -0.4 is 0 Å². The molecule has 0 N–H and O–H groups in total. The van der Waals surface area contributed by atoms with Gasteiger partial charge in [-0.2, -0.15) is 5.26 Å². The van der Waals surface area contributed by atoms with Crippen molar-refractivity contribution in [2.24, 2.45) is 0 Å². The van der Waals surface area contributed by atoms with Crippen molar-refractivity contribution in [2.45, 2.75) is 18.9 Å². The van der Waals surface area contributed by atoms with Crippen LogP contribution in [-0.4, -0.2) is 31.6 Å². The Labute approximate surface area is 103 Å². The maximum absolute atomic E-state index is 8.57. The van der Waals surface area contributed by atoms with Crippen molar-refractivity contribution in [3.63, 3.8) is 0 Å². The van der Waals surface area contributed by atoms with Crippen molar-refractivity contribution in [3.05, 3.63) is 35.4 Å². The van der Waals surface area contributed by atoms with E-state index in [1.165, 1.54) is 11.1 Å². The highest BCUT2D eigenvalue weighted by molar-refractivity contribution is 5.31. The normalized spacial score (nSPS) is 18.8. The second-order valence-electron chi connectivity index (χ2n) is 4.48. The molecule has 1 heterocycles. The Morgan fingerprint density at radius 3 is 3.12 bits per heavy atom. The summed E-state index contributed by atoms with van der Waals surface area (Å²) in [6, 6.07) is 10.7. The van der Waals surface area contributed by atoms with Gasteiger partial charge in [0.1, 0.15) is 0 Å². The van der Waals surface area contributed by atoms with Crippen LogP contribution in [0.2, 0.25) is 0 Å². The lowest BCUT2D eigenvalue weighted by molar-refractivity contribution is 0.0214. The Kier molecular flexibility index (Phi) is 4.13. The first-order chi connectivity index (χ1) is 8.31. The van der Waals surface area contributed by atoms with Gasteiger partial charge in [-0.05, 0) is 24.6 Å². The van der Waals surface area contributed by atoms with E-state index in [0.717, 1.165) is 26.1 Å². The predicted molar refractivity (Wildman–Crippen MR) is 66.6 cm³/mol. The molecule has 1 unspecified atom stereocenters. The number of benzene rings is 1. The van der Waals surface area contributed by atoms with Crippen LogP contribution in [0.5, 0.6) is 0 Å². The quantitative estimate of drug-likeness (QED) is 0.795. The Morgan fingerprint density at radius 1 is 1.47 bits per heavy atom. The second-order valence-corrected chi connectivity index (χ2v) is 4.48. The maximum Gasteiger partial charge on any atom is 0.0954 e. The molecule has 3 heteroatoms. The molecular weight excluding hydrogens is 212 g/mol. The SMILES string of the molecule is CN(CCC#N)CC1OCCc2ccccc21. The molecule has 0 radical (unpaired) electrons. The summed E-state index contributed by atoms with van der Waals surface area (Å²) in [6.07, 6.45) is 1.74. The summed E-state index contributed by atoms with van der Waals surface area (Å²) in [5, 5.41) is 8.57. The number of rotatable bonds is 4. The maximum atomic E-state index is 8.57. The van der Waals surface area contributed by atoms with Crippen LogP contribution in [0.15, 0.2) is 24.3 Å². The molecule has 0 amide bonds. The van der Waals surface area contributed by atoms with Crippen molar-refractivity contribution in [2.75, 3.05) is 26.7 Å². The molecule has 1 aliphatic rings. The molecule has 0 aromatic heterocycles. The summed E-state index contributed by atoms with van der Waals surface area (Å²) in [5.41, 5.74) is 2.71. The van der Waals surface area contributed by atoms with Crippen LogP contribution in [0.3, 0.4) is 0 Å². The third kappa shape index (κ3) is 3.06. The molecule has 1 atom stereocenters. The van der Waals surface area contributed by atoms with Gasteiger partial charge >= 0.3 is 0 Å². The van der Waals surface area contributed by atoms with E-state index >= 15 is 0 Å². The van der Waals surface area contributed by atoms with Crippen LogP contribution in [0.25, 0.3) is 0 Å². The third-order valence-electron chi connectivity index (χ3n) is 3.18. The van der Waals surface area contributed by atoms with Crippen molar-refractivity contribution in [1.29, 1.82) is 5.26 Å². The van der Waals surface area contributed by atoms with E-state index in [-0.39, 0.29) is 6.10 Å². The predicted octanol–water partition coefficient (Wildman–Crippen LogP) is 2.15. The molecule has 0 spiro atoms. The largest absolute Gasteiger partial charge is 0.372 e. The first-order valence-electron chi connectivity index (χ1n) is 6.06. The Hall–Kier alpha value is -1.37. The second kappa shape index (κ2) is 5.81. The van der Waals surface area contributed by atoms with Crippen molar-refractivity contribution < 1.29 is 4.74 Å². The highest BCUT2D eigenvalue weighted by Gasteiger charge is 2.21. The first-order valence-corrected chi connectivity index (χ1v) is 6.06. The minimum Gasteiger partial charge on any atom is -0.372 e. The molecule has 0 aliphatic carbocycles. The van der Waals surface area contributed by atoms with Gasteiger partial charge < -0.3 is 9.64 Å². The number of likely N-dealkylation sites (N-methyl/N-ethyl adjacent to an activating group) is 1. The molecule has 1 aromatic rings. The van der Waals surface area contributed by atoms with E-state index in [1.54, 1.807) is 0 Å². The molecule has 0 fully saturated rings. The zero-order chi connectivity index (χ0) is 12.1. The van der Waals surface area contributed by atoms with E-state index in [9.17, 15) is 0 Å². The summed E-state index contributed by atoms with van der Waals surface area (Å²) >= 11 is 0. The summed E-state index contributed by atoms with van der Waals surface area (Å²) < 4.78 is 5.83. The molecule has 0 saturated carbocycles. The number of nitriles is 1. The summed E-state index contributed by atoms with van der Waals surface area (Å²) in [5.74, 6) is 0. The Bertz CT molecular complexity index is 411. The first kappa shape index (κ1) is 12.1. The Morgan fingerprint density at radius 2 is 2.29 bits per heavy atom. The zero-order valence-electron chi connectivity index (χ0n) is 10.2. The fourth-order valence-corrected chi connectivity index (χ4v) is 2.24. The molecule has 3 nitrogen and oxygen atoms in total. The van der Waals surface area contributed by atoms with Gasteiger partial charge in [0.25, 0.3) is 0 Å². The van der Waals surface area contributed by atoms with E-state index in [0.29, 0.717) is 6.42 Å². The van der Waals surface area contributed by atoms with Gasteiger partial charge in [0.05, 0.1) is 18.8 Å². The van der Waals surface area contributed by atoms with Crippen molar-refractivity contribution in [3.8, 4) is 6.07 Å². The van der Waals surface area contributed by atoms with Gasteiger partial charge in [0.15, 0.2) is 0 Å². The molecule has 1 aliphatic heterocycles. The van der Waals surface area contributed by atoms with Crippen molar-refractivity contribution in [1.82, 2.24) is 4.90 Å². The van der Waals surface area contributed by atoms with E-state index in [1.807, 2.05) is 7.05 Å². The van der Waals surface area contributed by atoms with Gasteiger partial charge in [0, 0.05) is 19.5 Å². The van der Waals surface area contributed by atoms with Gasteiger partial charge in [0.2, 0.25) is 0 Å². The number of hydrogen-bond donors (Lipinski definition) is 0. The minimum atomic E-state index is 0.156. The highest BCUT2D eigenvalue weighted by Crippen LogP contribution is 2.27. The average Bonchev–Trinajstić information content (AvgIpc) is 2.37. The summed E-state index contributed by atoms with van der Waals surface area (Å²) in [6.45, 7) is 2.46. The van der Waals surface area contributed by atoms with Gasteiger partial charge in [-0.1, -0.05) is 24.3 Å². The highest BCUT2D eigenvalue weighted by atomic mass is 16.5. The summed E-state index contributed by atoms with van der Waals surface area (Å²) in [4.78, 5) is 2.16. The smallest absolute Gasteiger partial charge is 0.0954 e. The lowest BCUT2D eigenvalue weighted by atomic mass is 9.97. The van der Waals surface area contributed by atoms with E-state index in [2.05, 4.69) is 35.2 Å². The number of nitrogens with zero attached hydrogens (tertiary/aromatic N) is 2. The minimum absolute atomic E-state index is 0.156. The van der Waals surface area contributed by atoms with Gasteiger partial charge in [-0.15, -0.1) is 0 Å². The van der Waals surface area contributed by atoms with Gasteiger partial charge in [-0.3, -0.25) is 0 Å². The summed E-state index contributed by atoms with van der Waals surface area (Å²) in [7, 11) is 2.04. The third-order valence-corrected chi connectivity index (χ3v) is 3.18. The van der Waals surface area contributed by atoms with Crippen LogP contribution in [0, 0.1) is 11.3 Å². The zero-order valence-corrected chi connectivity index (χ0v) is 10.2. The fourth-order valence-electron chi connectivity index (χ4n) is 2.24. The standard InChI is InChI=1S/C14H18N2O/c1-16(9-4-8-15)11-14-13-6-3-2-5-12(13)7-10-17-14/h2-3,5-6,14H,4,7,9-11H2,1H3. The van der Waals surface area contributed by atoms with Crippen molar-refractivity contribution >= 4 is 0 Å². The molecule has 0 bridgehead atoms. The number of fused-ring (bicyclic) bond motifs is 1. The van der Waals surface area contributed by atoms with Crippen LogP contribution in [0.4, 0.5) is 0 Å². The monoisotopic (exact) mass is 230 g/mol. The van der Waals surface area contributed by atoms with E-state index < -0.39 is 0 Å². The molecule has 17 heavy (non-hydrogen) atoms. The fraction of sp³-hybridized carbons (Fsp3) is 0.500. The molecule has 90 valence electrons. The molecular formula is C14H18N2O. The number of hydrogen-bond acceptors (Lipinski definition) is 3. The molecule has 2 rings (SSSR count). The average molecular weight is 230 g/mol. The number of ether oxygens (including phenoxy) is 1. The Balaban J connectivity index is 2.01. The molecule has 0 saturated heterocycles. The van der Waals surface area contributed by atoms with Crippen LogP contribution in [0.1, 0.15) is 23.7 Å². The topological polar surface area (TPSA) is 36.3 Å². The lowest BCUT2D eigenvalue weighted by Gasteiger charge is -2.29. The molecule has 1 aromatic carbocycles. The van der Waals surface area contributed by atoms with Crippen LogP contribution in [-0.2, 0) is 11.2 Å². The van der Waals surface area contributed by atoms with Crippen LogP contribution >= 0.6 is 0 Å². The lowest BCUT2D eigenvalue weighted by Crippen LogP contribution is -2.29.